The highest BCUT2D eigenvalue weighted by molar-refractivity contribution is 5.81. The summed E-state index contributed by atoms with van der Waals surface area (Å²) < 4.78 is 0. The summed E-state index contributed by atoms with van der Waals surface area (Å²) >= 11 is 0. The van der Waals surface area contributed by atoms with Crippen LogP contribution in [-0.2, 0) is 14.6 Å². The van der Waals surface area contributed by atoms with Gasteiger partial charge in [0.1, 0.15) is 6.61 Å². The minimum absolute atomic E-state index is 0.0403. The van der Waals surface area contributed by atoms with Crippen LogP contribution in [0, 0.1) is 5.41 Å². The van der Waals surface area contributed by atoms with Gasteiger partial charge in [0.05, 0.1) is 6.61 Å². The fraction of sp³-hybridized carbons (Fsp3) is 0.750. The van der Waals surface area contributed by atoms with E-state index in [-0.39, 0.29) is 11.3 Å². The van der Waals surface area contributed by atoms with Crippen molar-refractivity contribution in [2.45, 2.75) is 34.1 Å². The second-order valence-electron chi connectivity index (χ2n) is 4.53. The predicted molar refractivity (Wildman–Crippen MR) is 63.8 cm³/mol. The maximum atomic E-state index is 11.6. The molecule has 0 saturated carbocycles. The van der Waals surface area contributed by atoms with Gasteiger partial charge in [0.2, 0.25) is 5.91 Å². The normalized spacial score (nSPS) is 11.2. The Labute approximate surface area is 97.9 Å². The van der Waals surface area contributed by atoms with Gasteiger partial charge in [0.15, 0.2) is 0 Å². The van der Waals surface area contributed by atoms with Crippen LogP contribution in [0.15, 0.2) is 12.2 Å². The summed E-state index contributed by atoms with van der Waals surface area (Å²) in [5.74, 6) is 0.0403. The van der Waals surface area contributed by atoms with E-state index < -0.39 is 0 Å². The van der Waals surface area contributed by atoms with E-state index >= 15 is 0 Å². The maximum Gasteiger partial charge on any atom is 0.225 e. The Hall–Kier alpha value is -0.870. The van der Waals surface area contributed by atoms with Crippen LogP contribution in [0.5, 0.6) is 0 Å². The van der Waals surface area contributed by atoms with Gasteiger partial charge in [0, 0.05) is 12.0 Å². The lowest BCUT2D eigenvalue weighted by Gasteiger charge is -2.21. The van der Waals surface area contributed by atoms with Gasteiger partial charge in [-0.2, -0.15) is 0 Å². The first-order valence-corrected chi connectivity index (χ1v) is 5.57. The molecule has 0 heterocycles. The summed E-state index contributed by atoms with van der Waals surface area (Å²) in [7, 11) is 0. The van der Waals surface area contributed by atoms with E-state index in [4.69, 9.17) is 9.78 Å². The molecule has 0 saturated heterocycles. The first-order chi connectivity index (χ1) is 7.40. The number of amides is 1. The molecule has 0 fully saturated rings. The van der Waals surface area contributed by atoms with Crippen LogP contribution >= 0.6 is 0 Å². The van der Waals surface area contributed by atoms with E-state index in [2.05, 4.69) is 11.9 Å². The average Bonchev–Trinajstić information content (AvgIpc) is 2.22. The highest BCUT2D eigenvalue weighted by atomic mass is 17.2. The lowest BCUT2D eigenvalue weighted by Crippen LogP contribution is -2.38. The largest absolute Gasteiger partial charge is 0.353 e. The minimum atomic E-state index is -0.321. The molecule has 0 aromatic heterocycles. The monoisotopic (exact) mass is 229 g/mol. The van der Waals surface area contributed by atoms with Gasteiger partial charge < -0.3 is 5.32 Å². The molecule has 0 spiro atoms. The molecule has 0 aliphatic rings. The van der Waals surface area contributed by atoms with Gasteiger partial charge in [0.25, 0.3) is 0 Å². The lowest BCUT2D eigenvalue weighted by molar-refractivity contribution is -0.286. The highest BCUT2D eigenvalue weighted by Gasteiger charge is 2.24. The third-order valence-electron chi connectivity index (χ3n) is 2.36. The van der Waals surface area contributed by atoms with Crippen molar-refractivity contribution >= 4 is 5.91 Å². The Bertz CT molecular complexity index is 236. The number of nitrogens with one attached hydrogen (secondary N) is 1. The summed E-state index contributed by atoms with van der Waals surface area (Å²) in [4.78, 5) is 21.3. The SMILES string of the molecule is C=C(C)COOCCNC(=O)C(C)(C)CC. The van der Waals surface area contributed by atoms with Crippen molar-refractivity contribution < 1.29 is 14.6 Å². The molecular weight excluding hydrogens is 206 g/mol. The molecule has 0 rings (SSSR count). The first kappa shape index (κ1) is 15.1. The molecule has 94 valence electrons. The molecular formula is C12H23NO3. The number of rotatable bonds is 8. The van der Waals surface area contributed by atoms with Gasteiger partial charge in [-0.3, -0.25) is 4.79 Å². The molecule has 1 amide bonds. The molecule has 4 heteroatoms. The summed E-state index contributed by atoms with van der Waals surface area (Å²) in [6, 6.07) is 0. The number of carbonyl (C=O) groups is 1. The van der Waals surface area contributed by atoms with E-state index in [0.717, 1.165) is 12.0 Å². The van der Waals surface area contributed by atoms with Crippen molar-refractivity contribution in [1.29, 1.82) is 0 Å². The number of carbonyl (C=O) groups excluding carboxylic acids is 1. The highest BCUT2D eigenvalue weighted by Crippen LogP contribution is 2.18. The molecule has 0 aromatic carbocycles. The second kappa shape index (κ2) is 7.41. The number of hydrogen-bond donors (Lipinski definition) is 1. The Balaban J connectivity index is 3.52. The average molecular weight is 229 g/mol. The molecule has 4 nitrogen and oxygen atoms in total. The molecule has 16 heavy (non-hydrogen) atoms. The second-order valence-corrected chi connectivity index (χ2v) is 4.53. The summed E-state index contributed by atoms with van der Waals surface area (Å²) in [5.41, 5.74) is 0.578. The van der Waals surface area contributed by atoms with Crippen molar-refractivity contribution in [3.8, 4) is 0 Å². The van der Waals surface area contributed by atoms with Crippen LogP contribution in [-0.4, -0.2) is 25.7 Å². The quantitative estimate of drug-likeness (QED) is 0.300. The van der Waals surface area contributed by atoms with E-state index in [9.17, 15) is 4.79 Å². The zero-order chi connectivity index (χ0) is 12.6. The Morgan fingerprint density at radius 1 is 1.38 bits per heavy atom. The van der Waals surface area contributed by atoms with E-state index in [1.807, 2.05) is 27.7 Å². The molecule has 0 aromatic rings. The van der Waals surface area contributed by atoms with Gasteiger partial charge >= 0.3 is 0 Å². The zero-order valence-electron chi connectivity index (χ0n) is 10.8. The van der Waals surface area contributed by atoms with Crippen LogP contribution in [0.1, 0.15) is 34.1 Å². The van der Waals surface area contributed by atoms with Crippen LogP contribution < -0.4 is 5.32 Å². The van der Waals surface area contributed by atoms with Crippen LogP contribution in [0.25, 0.3) is 0 Å². The Morgan fingerprint density at radius 2 is 2.00 bits per heavy atom. The molecule has 0 radical (unpaired) electrons. The third kappa shape index (κ3) is 6.58. The Kier molecular flexibility index (Phi) is 7.01. The van der Waals surface area contributed by atoms with E-state index in [1.54, 1.807) is 0 Å². The molecule has 0 unspecified atom stereocenters. The topological polar surface area (TPSA) is 47.6 Å². The van der Waals surface area contributed by atoms with Gasteiger partial charge in [-0.25, -0.2) is 9.78 Å². The fourth-order valence-electron chi connectivity index (χ4n) is 0.807. The lowest BCUT2D eigenvalue weighted by atomic mass is 9.89. The van der Waals surface area contributed by atoms with Crippen LogP contribution in [0.4, 0.5) is 0 Å². The van der Waals surface area contributed by atoms with Crippen molar-refractivity contribution in [3.63, 3.8) is 0 Å². The maximum absolute atomic E-state index is 11.6. The standard InChI is InChI=1S/C12H23NO3/c1-6-12(4,5)11(14)13-7-8-15-16-9-10(2)3/h2,6-9H2,1,3-5H3,(H,13,14). The zero-order valence-corrected chi connectivity index (χ0v) is 10.8. The third-order valence-corrected chi connectivity index (χ3v) is 2.36. The molecule has 0 aliphatic carbocycles. The van der Waals surface area contributed by atoms with Gasteiger partial charge in [-0.1, -0.05) is 32.9 Å². The summed E-state index contributed by atoms with van der Waals surface area (Å²) in [6.07, 6.45) is 0.811. The molecule has 0 bridgehead atoms. The van der Waals surface area contributed by atoms with E-state index in [1.165, 1.54) is 0 Å². The molecule has 0 atom stereocenters. The van der Waals surface area contributed by atoms with Crippen molar-refractivity contribution in [3.05, 3.63) is 12.2 Å². The Morgan fingerprint density at radius 3 is 2.50 bits per heavy atom. The van der Waals surface area contributed by atoms with Crippen molar-refractivity contribution in [2.75, 3.05) is 19.8 Å². The minimum Gasteiger partial charge on any atom is -0.353 e. The fourth-order valence-corrected chi connectivity index (χ4v) is 0.807. The van der Waals surface area contributed by atoms with Crippen molar-refractivity contribution in [2.24, 2.45) is 5.41 Å². The first-order valence-electron chi connectivity index (χ1n) is 5.57. The summed E-state index contributed by atoms with van der Waals surface area (Å²) in [5, 5.41) is 2.80. The number of hydrogen-bond acceptors (Lipinski definition) is 3. The van der Waals surface area contributed by atoms with Crippen LogP contribution in [0.3, 0.4) is 0 Å². The molecule has 1 N–H and O–H groups in total. The summed E-state index contributed by atoms with van der Waals surface area (Å²) in [6.45, 7) is 12.5. The predicted octanol–water partition coefficient (Wildman–Crippen LogP) is 2.06. The van der Waals surface area contributed by atoms with Gasteiger partial charge in [-0.15, -0.1) is 0 Å². The van der Waals surface area contributed by atoms with Crippen molar-refractivity contribution in [1.82, 2.24) is 5.32 Å². The van der Waals surface area contributed by atoms with Gasteiger partial charge in [-0.05, 0) is 13.3 Å². The smallest absolute Gasteiger partial charge is 0.225 e. The molecule has 0 aliphatic heterocycles. The van der Waals surface area contributed by atoms with Crippen LogP contribution in [0.2, 0.25) is 0 Å². The van der Waals surface area contributed by atoms with E-state index in [0.29, 0.717) is 19.8 Å².